The van der Waals surface area contributed by atoms with E-state index in [-0.39, 0.29) is 21.7 Å². The van der Waals surface area contributed by atoms with Gasteiger partial charge in [-0.15, -0.1) is 0 Å². The number of sulfonamides is 1. The number of aryl methyl sites for hydroxylation is 1. The zero-order chi connectivity index (χ0) is 15.7. The lowest BCUT2D eigenvalue weighted by Crippen LogP contribution is -2.39. The Kier molecular flexibility index (Phi) is 4.67. The van der Waals surface area contributed by atoms with Crippen molar-refractivity contribution in [2.24, 2.45) is 0 Å². The predicted molar refractivity (Wildman–Crippen MR) is 67.5 cm³/mol. The second-order valence-corrected chi connectivity index (χ2v) is 6.09. The van der Waals surface area contributed by atoms with Crippen molar-refractivity contribution in [3.63, 3.8) is 0 Å². The summed E-state index contributed by atoms with van der Waals surface area (Å²) < 4.78 is 64.8. The van der Waals surface area contributed by atoms with Crippen LogP contribution in [0.4, 0.5) is 18.9 Å². The van der Waals surface area contributed by atoms with Gasteiger partial charge in [0.15, 0.2) is 0 Å². The molecule has 0 bridgehead atoms. The molecule has 1 aromatic carbocycles. The van der Waals surface area contributed by atoms with Crippen molar-refractivity contribution >= 4 is 15.7 Å². The molecular weight excluding hydrogens is 297 g/mol. The Morgan fingerprint density at radius 1 is 1.40 bits per heavy atom. The van der Waals surface area contributed by atoms with Crippen LogP contribution in [0.15, 0.2) is 11.0 Å². The maximum Gasteiger partial charge on any atom is 0.283 e. The molecule has 0 aliphatic carbocycles. The molecule has 114 valence electrons. The van der Waals surface area contributed by atoms with Gasteiger partial charge in [-0.05, 0) is 31.0 Å². The van der Waals surface area contributed by atoms with Gasteiger partial charge in [-0.3, -0.25) is 0 Å². The number of halogens is 3. The summed E-state index contributed by atoms with van der Waals surface area (Å²) in [6, 6.07) is 0.918. The van der Waals surface area contributed by atoms with Gasteiger partial charge in [0.25, 0.3) is 5.92 Å². The SMILES string of the molecule is Cc1cc(F)c(N)c(C)c1S(=O)(=O)NCC(F)(F)CO. The lowest BCUT2D eigenvalue weighted by Gasteiger charge is -2.17. The van der Waals surface area contributed by atoms with Crippen LogP contribution in [0, 0.1) is 19.7 Å². The van der Waals surface area contributed by atoms with Crippen molar-refractivity contribution in [2.75, 3.05) is 18.9 Å². The number of benzene rings is 1. The van der Waals surface area contributed by atoms with Crippen LogP contribution in [0.2, 0.25) is 0 Å². The minimum atomic E-state index is -4.29. The molecule has 1 aromatic rings. The van der Waals surface area contributed by atoms with Crippen LogP contribution in [-0.2, 0) is 10.0 Å². The van der Waals surface area contributed by atoms with Gasteiger partial charge in [0.05, 0.1) is 17.1 Å². The number of hydrogen-bond acceptors (Lipinski definition) is 4. The van der Waals surface area contributed by atoms with E-state index in [9.17, 15) is 21.6 Å². The fourth-order valence-corrected chi connectivity index (χ4v) is 3.21. The first kappa shape index (κ1) is 16.7. The molecular formula is C11H15F3N2O3S. The zero-order valence-electron chi connectivity index (χ0n) is 10.9. The summed E-state index contributed by atoms with van der Waals surface area (Å²) in [7, 11) is -4.29. The number of anilines is 1. The highest BCUT2D eigenvalue weighted by Crippen LogP contribution is 2.27. The van der Waals surface area contributed by atoms with Crippen molar-refractivity contribution in [2.45, 2.75) is 24.7 Å². The molecule has 0 aliphatic heterocycles. The largest absolute Gasteiger partial charge is 0.396 e. The van der Waals surface area contributed by atoms with Crippen molar-refractivity contribution in [3.05, 3.63) is 23.0 Å². The standard InChI is InChI=1S/C11H15F3N2O3S/c1-6-3-8(12)9(15)7(2)10(6)20(18,19)16-4-11(13,14)5-17/h3,16-17H,4-5,15H2,1-2H3. The lowest BCUT2D eigenvalue weighted by molar-refractivity contribution is -0.0437. The monoisotopic (exact) mass is 312 g/mol. The molecule has 0 atom stereocenters. The highest BCUT2D eigenvalue weighted by Gasteiger charge is 2.31. The van der Waals surface area contributed by atoms with Gasteiger partial charge in [0, 0.05) is 0 Å². The molecule has 0 aliphatic rings. The summed E-state index contributed by atoms with van der Waals surface area (Å²) in [4.78, 5) is -0.342. The third kappa shape index (κ3) is 3.41. The molecule has 0 saturated carbocycles. The summed E-state index contributed by atoms with van der Waals surface area (Å²) in [5, 5.41) is 8.40. The molecule has 0 aromatic heterocycles. The van der Waals surface area contributed by atoms with Gasteiger partial charge >= 0.3 is 0 Å². The Hall–Kier alpha value is -1.32. The van der Waals surface area contributed by atoms with Crippen LogP contribution < -0.4 is 10.5 Å². The van der Waals surface area contributed by atoms with E-state index < -0.39 is 34.9 Å². The number of nitrogens with one attached hydrogen (secondary N) is 1. The van der Waals surface area contributed by atoms with Gasteiger partial charge in [-0.2, -0.15) is 0 Å². The molecule has 0 amide bonds. The van der Waals surface area contributed by atoms with Crippen LogP contribution in [0.3, 0.4) is 0 Å². The number of hydrogen-bond donors (Lipinski definition) is 3. The van der Waals surface area contributed by atoms with Gasteiger partial charge < -0.3 is 10.8 Å². The molecule has 4 N–H and O–H groups in total. The number of aliphatic hydroxyl groups is 1. The lowest BCUT2D eigenvalue weighted by atomic mass is 10.1. The summed E-state index contributed by atoms with van der Waals surface area (Å²) in [5.74, 6) is -4.36. The highest BCUT2D eigenvalue weighted by molar-refractivity contribution is 7.89. The van der Waals surface area contributed by atoms with E-state index in [4.69, 9.17) is 10.8 Å². The van der Waals surface area contributed by atoms with Crippen LogP contribution in [-0.4, -0.2) is 32.6 Å². The molecule has 5 nitrogen and oxygen atoms in total. The number of alkyl halides is 2. The quantitative estimate of drug-likeness (QED) is 0.705. The molecule has 0 unspecified atom stereocenters. The number of nitrogen functional groups attached to an aromatic ring is 1. The summed E-state index contributed by atoms with van der Waals surface area (Å²) in [6.45, 7) is -0.139. The van der Waals surface area contributed by atoms with Gasteiger partial charge in [0.1, 0.15) is 12.4 Å². The second kappa shape index (κ2) is 5.58. The smallest absolute Gasteiger partial charge is 0.283 e. The van der Waals surface area contributed by atoms with Gasteiger partial charge in [-0.25, -0.2) is 26.3 Å². The van der Waals surface area contributed by atoms with E-state index in [1.54, 1.807) is 4.72 Å². The van der Waals surface area contributed by atoms with Crippen LogP contribution in [0.5, 0.6) is 0 Å². The second-order valence-electron chi connectivity index (χ2n) is 4.38. The topological polar surface area (TPSA) is 92.4 Å². The van der Waals surface area contributed by atoms with E-state index in [0.717, 1.165) is 6.07 Å². The highest BCUT2D eigenvalue weighted by atomic mass is 32.2. The average Bonchev–Trinajstić information content (AvgIpc) is 2.34. The maximum atomic E-state index is 13.3. The van der Waals surface area contributed by atoms with E-state index in [2.05, 4.69) is 0 Å². The van der Waals surface area contributed by atoms with E-state index >= 15 is 0 Å². The fraction of sp³-hybridized carbons (Fsp3) is 0.455. The van der Waals surface area contributed by atoms with Gasteiger partial charge in [0.2, 0.25) is 10.0 Å². The van der Waals surface area contributed by atoms with E-state index in [0.29, 0.717) is 0 Å². The zero-order valence-corrected chi connectivity index (χ0v) is 11.7. The number of rotatable bonds is 5. The molecule has 0 spiro atoms. The fourth-order valence-electron chi connectivity index (χ4n) is 1.67. The minimum absolute atomic E-state index is 0.0500. The first-order chi connectivity index (χ1) is 9.02. The van der Waals surface area contributed by atoms with Crippen LogP contribution in [0.1, 0.15) is 11.1 Å². The summed E-state index contributed by atoms with van der Waals surface area (Å²) in [6.07, 6.45) is 0. The molecule has 0 heterocycles. The first-order valence-corrected chi connectivity index (χ1v) is 7.03. The Morgan fingerprint density at radius 3 is 2.45 bits per heavy atom. The Labute approximate surface area is 114 Å². The van der Waals surface area contributed by atoms with Crippen LogP contribution >= 0.6 is 0 Å². The minimum Gasteiger partial charge on any atom is -0.396 e. The van der Waals surface area contributed by atoms with E-state index in [1.807, 2.05) is 0 Å². The normalized spacial score (nSPS) is 12.7. The third-order valence-electron chi connectivity index (χ3n) is 2.72. The summed E-state index contributed by atoms with van der Waals surface area (Å²) >= 11 is 0. The van der Waals surface area contributed by atoms with Crippen molar-refractivity contribution in [1.29, 1.82) is 0 Å². The predicted octanol–water partition coefficient (Wildman–Crippen LogP) is 0.931. The van der Waals surface area contributed by atoms with Gasteiger partial charge in [-0.1, -0.05) is 0 Å². The number of nitrogens with two attached hydrogens (primary N) is 1. The molecule has 9 heteroatoms. The molecule has 1 rings (SSSR count). The molecule has 20 heavy (non-hydrogen) atoms. The third-order valence-corrected chi connectivity index (χ3v) is 4.41. The Balaban J connectivity index is 3.21. The molecule has 0 fully saturated rings. The van der Waals surface area contributed by atoms with Crippen LogP contribution in [0.25, 0.3) is 0 Å². The van der Waals surface area contributed by atoms with Crippen molar-refractivity contribution in [1.82, 2.24) is 4.72 Å². The first-order valence-electron chi connectivity index (χ1n) is 5.55. The molecule has 0 saturated heterocycles. The average molecular weight is 312 g/mol. The van der Waals surface area contributed by atoms with Crippen molar-refractivity contribution in [3.8, 4) is 0 Å². The Bertz CT molecular complexity index is 618. The van der Waals surface area contributed by atoms with E-state index in [1.165, 1.54) is 13.8 Å². The molecule has 0 radical (unpaired) electrons. The summed E-state index contributed by atoms with van der Waals surface area (Å²) in [5.41, 5.74) is 5.04. The maximum absolute atomic E-state index is 13.3. The van der Waals surface area contributed by atoms with Crippen molar-refractivity contribution < 1.29 is 26.7 Å². The Morgan fingerprint density at radius 2 is 1.95 bits per heavy atom. The number of aliphatic hydroxyl groups excluding tert-OH is 1.